The van der Waals surface area contributed by atoms with Crippen molar-refractivity contribution in [1.82, 2.24) is 14.8 Å². The average molecular weight is 437 g/mol. The Morgan fingerprint density at radius 2 is 2.00 bits per heavy atom. The summed E-state index contributed by atoms with van der Waals surface area (Å²) in [6.45, 7) is 4.66. The Labute approximate surface area is 176 Å². The van der Waals surface area contributed by atoms with E-state index in [2.05, 4.69) is 10.1 Å². The van der Waals surface area contributed by atoms with Crippen LogP contribution in [0.3, 0.4) is 0 Å². The molecule has 0 saturated heterocycles. The maximum Gasteiger partial charge on any atom is 0.147 e. The molecule has 0 radical (unpaired) electrons. The van der Waals surface area contributed by atoms with Gasteiger partial charge in [-0.15, -0.1) is 0 Å². The number of rotatable bonds is 7. The lowest BCUT2D eigenvalue weighted by Crippen LogP contribution is -2.24. The minimum atomic E-state index is -1.39. The summed E-state index contributed by atoms with van der Waals surface area (Å²) in [5.74, 6) is -1.24. The number of carbonyl (C=O) groups is 1. The third-order valence-electron chi connectivity index (χ3n) is 3.89. The number of benzene rings is 1. The molecule has 9 heteroatoms. The Morgan fingerprint density at radius 1 is 1.29 bits per heavy atom. The van der Waals surface area contributed by atoms with Crippen LogP contribution in [0.1, 0.15) is 28.7 Å². The van der Waals surface area contributed by atoms with Gasteiger partial charge in [0, 0.05) is 33.2 Å². The lowest BCUT2D eigenvalue weighted by Gasteiger charge is -2.12. The zero-order valence-electron chi connectivity index (χ0n) is 15.1. The van der Waals surface area contributed by atoms with E-state index in [4.69, 9.17) is 27.9 Å². The molecule has 0 N–H and O–H groups in total. The van der Waals surface area contributed by atoms with Crippen molar-refractivity contribution >= 4 is 40.9 Å². The quantitative estimate of drug-likeness (QED) is 0.556. The highest BCUT2D eigenvalue weighted by Gasteiger charge is 2.18. The van der Waals surface area contributed by atoms with Crippen molar-refractivity contribution in [2.24, 2.45) is 0 Å². The number of carboxylic acids is 1. The molecule has 3 aromatic rings. The Hall–Kier alpha value is -2.22. The molecular weight excluding hydrogens is 421 g/mol. The van der Waals surface area contributed by atoms with Gasteiger partial charge in [0.15, 0.2) is 0 Å². The predicted molar refractivity (Wildman–Crippen MR) is 106 cm³/mol. The molecule has 0 aliphatic carbocycles. The zero-order valence-corrected chi connectivity index (χ0v) is 17.4. The van der Waals surface area contributed by atoms with Crippen molar-refractivity contribution in [3.8, 4) is 5.75 Å². The summed E-state index contributed by atoms with van der Waals surface area (Å²) < 4.78 is 7.60. The molecule has 0 atom stereocenters. The van der Waals surface area contributed by atoms with E-state index in [-0.39, 0.29) is 18.1 Å². The van der Waals surface area contributed by atoms with Crippen LogP contribution in [0.15, 0.2) is 46.5 Å². The molecule has 0 saturated carbocycles. The second-order valence-electron chi connectivity index (χ2n) is 5.82. The number of halogens is 2. The van der Waals surface area contributed by atoms with E-state index < -0.39 is 5.97 Å². The first-order valence-corrected chi connectivity index (χ1v) is 9.95. The summed E-state index contributed by atoms with van der Waals surface area (Å²) in [6, 6.07) is 8.46. The van der Waals surface area contributed by atoms with Crippen LogP contribution in [0.5, 0.6) is 5.75 Å². The topological polar surface area (TPSA) is 80.1 Å². The summed E-state index contributed by atoms with van der Waals surface area (Å²) in [6.07, 6.45) is 1.38. The van der Waals surface area contributed by atoms with Gasteiger partial charge in [0.2, 0.25) is 0 Å². The van der Waals surface area contributed by atoms with Gasteiger partial charge in [-0.1, -0.05) is 35.0 Å². The normalized spacial score (nSPS) is 10.9. The monoisotopic (exact) mass is 436 g/mol. The van der Waals surface area contributed by atoms with Gasteiger partial charge in [0.1, 0.15) is 23.1 Å². The Balaban J connectivity index is 1.91. The number of hydrogen-bond donors (Lipinski definition) is 0. The first kappa shape index (κ1) is 20.5. The summed E-state index contributed by atoms with van der Waals surface area (Å²) in [5.41, 5.74) is 1.39. The number of carbonyl (C=O) groups excluding carboxylic acids is 1. The van der Waals surface area contributed by atoms with Gasteiger partial charge < -0.3 is 14.6 Å². The molecule has 2 heterocycles. The highest BCUT2D eigenvalue weighted by molar-refractivity contribution is 7.99. The summed E-state index contributed by atoms with van der Waals surface area (Å²) in [5, 5.41) is 17.7. The zero-order chi connectivity index (χ0) is 20.3. The van der Waals surface area contributed by atoms with Crippen LogP contribution in [0, 0.1) is 6.92 Å². The minimum Gasteiger partial charge on any atom is -0.543 e. The van der Waals surface area contributed by atoms with Crippen molar-refractivity contribution in [3.05, 3.63) is 63.5 Å². The molecule has 0 amide bonds. The molecule has 28 heavy (non-hydrogen) atoms. The number of aromatic nitrogens is 3. The fourth-order valence-electron chi connectivity index (χ4n) is 2.60. The lowest BCUT2D eigenvalue weighted by atomic mass is 10.3. The first-order valence-electron chi connectivity index (χ1n) is 8.38. The second kappa shape index (κ2) is 8.86. The number of ether oxygens (including phenoxy) is 1. The van der Waals surface area contributed by atoms with Crippen LogP contribution in [0.4, 0.5) is 0 Å². The highest BCUT2D eigenvalue weighted by Crippen LogP contribution is 2.35. The van der Waals surface area contributed by atoms with Crippen LogP contribution < -0.4 is 9.84 Å². The van der Waals surface area contributed by atoms with Crippen molar-refractivity contribution in [3.63, 3.8) is 0 Å². The highest BCUT2D eigenvalue weighted by atomic mass is 35.5. The van der Waals surface area contributed by atoms with Crippen molar-refractivity contribution < 1.29 is 14.6 Å². The van der Waals surface area contributed by atoms with Crippen LogP contribution in [-0.2, 0) is 13.2 Å². The van der Waals surface area contributed by atoms with Gasteiger partial charge in [-0.2, -0.15) is 5.10 Å². The van der Waals surface area contributed by atoms with E-state index in [9.17, 15) is 9.90 Å². The smallest absolute Gasteiger partial charge is 0.147 e. The lowest BCUT2D eigenvalue weighted by molar-refractivity contribution is -0.255. The van der Waals surface area contributed by atoms with Crippen LogP contribution in [-0.4, -0.2) is 20.7 Å². The Morgan fingerprint density at radius 3 is 2.64 bits per heavy atom. The molecule has 3 rings (SSSR count). The van der Waals surface area contributed by atoms with Gasteiger partial charge in [-0.05, 0) is 44.2 Å². The standard InChI is InChI=1S/C19H17Cl2N3O3S/c1-3-24-18(28-14-8-12(20)7-13(21)9-14)15(11(2)23-24)10-27-16-5-4-6-22-17(16)19(25)26/h4-9H,3,10H2,1-2H3,(H,25,26)/p-1. The molecule has 2 aromatic heterocycles. The summed E-state index contributed by atoms with van der Waals surface area (Å²) >= 11 is 13.7. The molecule has 0 unspecified atom stereocenters. The fourth-order valence-corrected chi connectivity index (χ4v) is 4.46. The number of nitrogens with zero attached hydrogens (tertiary/aromatic N) is 3. The third-order valence-corrected chi connectivity index (χ3v) is 5.44. The van der Waals surface area contributed by atoms with Gasteiger partial charge in [0.05, 0.1) is 11.7 Å². The predicted octanol–water partition coefficient (Wildman–Crippen LogP) is 4.01. The van der Waals surface area contributed by atoms with Crippen LogP contribution in [0.25, 0.3) is 0 Å². The Kier molecular flexibility index (Phi) is 6.49. The molecule has 6 nitrogen and oxygen atoms in total. The molecule has 0 fully saturated rings. The van der Waals surface area contributed by atoms with E-state index in [1.54, 1.807) is 18.2 Å². The van der Waals surface area contributed by atoms with Gasteiger partial charge in [-0.3, -0.25) is 9.67 Å². The molecule has 146 valence electrons. The van der Waals surface area contributed by atoms with Gasteiger partial charge >= 0.3 is 0 Å². The van der Waals surface area contributed by atoms with Crippen LogP contribution in [0.2, 0.25) is 10.0 Å². The van der Waals surface area contributed by atoms with E-state index in [1.807, 2.05) is 30.7 Å². The van der Waals surface area contributed by atoms with Gasteiger partial charge in [-0.25, -0.2) is 0 Å². The number of hydrogen-bond acceptors (Lipinski definition) is 6. The third kappa shape index (κ3) is 4.60. The average Bonchev–Trinajstić information content (AvgIpc) is 2.94. The maximum absolute atomic E-state index is 11.2. The molecule has 0 bridgehead atoms. The SMILES string of the molecule is CCn1nc(C)c(COc2cccnc2C(=O)[O-])c1Sc1cc(Cl)cc(Cl)c1. The van der Waals surface area contributed by atoms with Gasteiger partial charge in [0.25, 0.3) is 0 Å². The first-order chi connectivity index (χ1) is 13.4. The second-order valence-corrected chi connectivity index (χ2v) is 7.75. The molecule has 0 aliphatic rings. The maximum atomic E-state index is 11.2. The molecule has 1 aromatic carbocycles. The number of aromatic carboxylic acids is 1. The van der Waals surface area contributed by atoms with Crippen LogP contribution >= 0.6 is 35.0 Å². The van der Waals surface area contributed by atoms with Crippen molar-refractivity contribution in [1.29, 1.82) is 0 Å². The number of carboxylic acid groups (broad SMARTS) is 1. The number of aryl methyl sites for hydroxylation is 2. The largest absolute Gasteiger partial charge is 0.543 e. The fraction of sp³-hybridized carbons (Fsp3) is 0.211. The van der Waals surface area contributed by atoms with E-state index in [0.29, 0.717) is 16.6 Å². The van der Waals surface area contributed by atoms with Crippen molar-refractivity contribution in [2.45, 2.75) is 36.9 Å². The van der Waals surface area contributed by atoms with Crippen molar-refractivity contribution in [2.75, 3.05) is 0 Å². The molecular formula is C19H16Cl2N3O3S-. The molecule has 0 aliphatic heterocycles. The number of pyridine rings is 1. The molecule has 0 spiro atoms. The minimum absolute atomic E-state index is 0.133. The van der Waals surface area contributed by atoms with E-state index in [1.165, 1.54) is 18.0 Å². The summed E-state index contributed by atoms with van der Waals surface area (Å²) in [4.78, 5) is 15.9. The summed E-state index contributed by atoms with van der Waals surface area (Å²) in [7, 11) is 0. The van der Waals surface area contributed by atoms with E-state index >= 15 is 0 Å². The Bertz CT molecular complexity index is 1000. The van der Waals surface area contributed by atoms with E-state index in [0.717, 1.165) is 21.2 Å².